The van der Waals surface area contributed by atoms with E-state index in [0.717, 1.165) is 23.5 Å². The molecule has 140 valence electrons. The second-order valence-corrected chi connectivity index (χ2v) is 11.8. The van der Waals surface area contributed by atoms with Gasteiger partial charge in [-0.15, -0.1) is 0 Å². The minimum atomic E-state index is -2.74. The molecule has 0 aliphatic carbocycles. The van der Waals surface area contributed by atoms with Crippen LogP contribution in [-0.4, -0.2) is 52.2 Å². The zero-order valence-electron chi connectivity index (χ0n) is 15.0. The van der Waals surface area contributed by atoms with Crippen LogP contribution in [0.1, 0.15) is 41.0 Å². The van der Waals surface area contributed by atoms with Crippen molar-refractivity contribution >= 4 is 47.0 Å². The Hall–Kier alpha value is -0.300. The van der Waals surface area contributed by atoms with E-state index < -0.39 is 12.9 Å². The van der Waals surface area contributed by atoms with Crippen molar-refractivity contribution < 1.29 is 23.7 Å². The van der Waals surface area contributed by atoms with Gasteiger partial charge in [-0.05, 0) is 20.8 Å². The van der Waals surface area contributed by atoms with Crippen LogP contribution in [0.2, 0.25) is 0 Å². The minimum absolute atomic E-state index is 0.0200. The van der Waals surface area contributed by atoms with Crippen LogP contribution in [0.5, 0.6) is 0 Å². The van der Waals surface area contributed by atoms with Gasteiger partial charge in [-0.1, -0.05) is 23.5 Å². The van der Waals surface area contributed by atoms with Gasteiger partial charge in [0.15, 0.2) is 10.2 Å². The molecule has 0 aromatic carbocycles. The maximum atomic E-state index is 12.9. The van der Waals surface area contributed by atoms with Gasteiger partial charge in [-0.2, -0.15) is 0 Å². The number of esters is 1. The molecular weight excluding hydrogens is 369 g/mol. The maximum Gasteiger partial charge on any atom is 0.307 e. The zero-order valence-corrected chi connectivity index (χ0v) is 17.6. The lowest BCUT2D eigenvalue weighted by molar-refractivity contribution is -0.154. The van der Waals surface area contributed by atoms with Crippen LogP contribution < -0.4 is 5.09 Å². The summed E-state index contributed by atoms with van der Waals surface area (Å²) in [7, 11) is -2.74. The number of carbonyl (C=O) groups excluding carboxylic acids is 3. The molecule has 0 spiro atoms. The molecule has 0 aliphatic rings. The lowest BCUT2D eigenvalue weighted by atomic mass is 10.2. The Morgan fingerprint density at radius 3 is 1.83 bits per heavy atom. The van der Waals surface area contributed by atoms with Crippen molar-refractivity contribution in [3.05, 3.63) is 0 Å². The first-order valence-electron chi connectivity index (χ1n) is 7.75. The van der Waals surface area contributed by atoms with Crippen LogP contribution in [0.3, 0.4) is 0 Å². The number of rotatable bonds is 10. The summed E-state index contributed by atoms with van der Waals surface area (Å²) in [5.74, 6) is 0.561. The van der Waals surface area contributed by atoms with E-state index in [-0.39, 0.29) is 29.2 Å². The topological polar surface area (TPSA) is 89.5 Å². The van der Waals surface area contributed by atoms with Gasteiger partial charge in [0.25, 0.3) is 0 Å². The monoisotopic (exact) mass is 397 g/mol. The molecule has 0 radical (unpaired) electrons. The average Bonchev–Trinajstić information content (AvgIpc) is 2.35. The highest BCUT2D eigenvalue weighted by Gasteiger charge is 2.23. The number of thioether (sulfide) groups is 2. The van der Waals surface area contributed by atoms with Gasteiger partial charge in [-0.3, -0.25) is 19.5 Å². The van der Waals surface area contributed by atoms with E-state index in [1.165, 1.54) is 13.8 Å². The Morgan fingerprint density at radius 1 is 1.00 bits per heavy atom. The first kappa shape index (κ1) is 23.7. The Balaban J connectivity index is 4.46. The van der Waals surface area contributed by atoms with Crippen LogP contribution in [0.25, 0.3) is 0 Å². The first-order valence-corrected chi connectivity index (χ1v) is 11.8. The van der Waals surface area contributed by atoms with E-state index in [0.29, 0.717) is 23.8 Å². The number of carbonyl (C=O) groups is 3. The summed E-state index contributed by atoms with van der Waals surface area (Å²) in [6.45, 7) is 8.57. The van der Waals surface area contributed by atoms with Crippen molar-refractivity contribution in [1.82, 2.24) is 5.09 Å². The number of hydrogen-bond acceptors (Lipinski definition) is 7. The molecule has 0 amide bonds. The second kappa shape index (κ2) is 11.3. The Morgan fingerprint density at radius 2 is 1.46 bits per heavy atom. The highest BCUT2D eigenvalue weighted by Crippen LogP contribution is 2.42. The third kappa shape index (κ3) is 14.1. The number of hydrogen-bond donors (Lipinski definition) is 1. The molecule has 0 aromatic heterocycles. The van der Waals surface area contributed by atoms with Crippen LogP contribution >= 0.6 is 30.8 Å². The molecule has 0 rings (SSSR count). The molecule has 6 nitrogen and oxygen atoms in total. The third-order valence-electron chi connectivity index (χ3n) is 2.66. The smallest absolute Gasteiger partial charge is 0.307 e. The summed E-state index contributed by atoms with van der Waals surface area (Å²) in [4.78, 5) is 33.7. The first-order chi connectivity index (χ1) is 10.9. The molecule has 0 heterocycles. The van der Waals surface area contributed by atoms with E-state index in [4.69, 9.17) is 4.74 Å². The van der Waals surface area contributed by atoms with Crippen LogP contribution in [0, 0.1) is 0 Å². The van der Waals surface area contributed by atoms with Crippen LogP contribution in [0.4, 0.5) is 0 Å². The van der Waals surface area contributed by atoms with Gasteiger partial charge in [0.2, 0.25) is 0 Å². The molecule has 0 aliphatic heterocycles. The molecule has 0 fully saturated rings. The summed E-state index contributed by atoms with van der Waals surface area (Å²) in [5.41, 5.74) is -0.545. The number of ether oxygens (including phenoxy) is 1. The molecule has 1 N–H and O–H groups in total. The molecule has 0 atom stereocenters. The highest BCUT2D eigenvalue weighted by molar-refractivity contribution is 8.14. The van der Waals surface area contributed by atoms with Crippen LogP contribution in [-0.2, 0) is 23.7 Å². The van der Waals surface area contributed by atoms with Crippen molar-refractivity contribution in [1.29, 1.82) is 0 Å². The standard InChI is InChI=1S/C15H28NO5PS2/c1-12(17)23-10-8-22(20,9-11-24-13(2)18)16-7-6-14(19)21-15(3,4)5/h6-11H2,1-5H3,(H,16,20). The predicted octanol–water partition coefficient (Wildman–Crippen LogP) is 3.15. The molecule has 9 heteroatoms. The summed E-state index contributed by atoms with van der Waals surface area (Å²) >= 11 is 2.26. The van der Waals surface area contributed by atoms with Gasteiger partial charge in [0, 0.05) is 44.2 Å². The van der Waals surface area contributed by atoms with Gasteiger partial charge in [0.05, 0.1) is 6.42 Å². The van der Waals surface area contributed by atoms with Gasteiger partial charge in [-0.25, -0.2) is 0 Å². The predicted molar refractivity (Wildman–Crippen MR) is 102 cm³/mol. The van der Waals surface area contributed by atoms with Crippen molar-refractivity contribution in [3.63, 3.8) is 0 Å². The van der Waals surface area contributed by atoms with Crippen molar-refractivity contribution in [2.45, 2.75) is 46.6 Å². The van der Waals surface area contributed by atoms with Crippen molar-refractivity contribution in [2.24, 2.45) is 0 Å². The average molecular weight is 397 g/mol. The molecule has 0 bridgehead atoms. The Kier molecular flexibility index (Phi) is 11.2. The largest absolute Gasteiger partial charge is 0.460 e. The normalized spacial score (nSPS) is 12.0. The summed E-state index contributed by atoms with van der Waals surface area (Å²) in [6, 6.07) is 0. The van der Waals surface area contributed by atoms with E-state index in [1.54, 1.807) is 20.8 Å². The fourth-order valence-electron chi connectivity index (χ4n) is 1.70. The lowest BCUT2D eigenvalue weighted by Crippen LogP contribution is -2.27. The summed E-state index contributed by atoms with van der Waals surface area (Å²) in [5, 5.41) is 2.93. The molecule has 0 unspecified atom stereocenters. The van der Waals surface area contributed by atoms with Gasteiger partial charge >= 0.3 is 5.97 Å². The Bertz CT molecular complexity index is 467. The van der Waals surface area contributed by atoms with Crippen molar-refractivity contribution in [3.8, 4) is 0 Å². The SMILES string of the molecule is CC(=O)SCCP(=O)(CCSC(C)=O)NCCC(=O)OC(C)(C)C. The fourth-order valence-corrected chi connectivity index (χ4v) is 6.42. The zero-order chi connectivity index (χ0) is 18.8. The Labute approximate surface area is 153 Å². The lowest BCUT2D eigenvalue weighted by Gasteiger charge is -2.21. The van der Waals surface area contributed by atoms with Gasteiger partial charge in [0.1, 0.15) is 12.9 Å². The quantitative estimate of drug-likeness (QED) is 0.444. The van der Waals surface area contributed by atoms with Gasteiger partial charge < -0.3 is 9.30 Å². The highest BCUT2D eigenvalue weighted by atomic mass is 32.2. The third-order valence-corrected chi connectivity index (χ3v) is 7.59. The van der Waals surface area contributed by atoms with E-state index in [1.807, 2.05) is 0 Å². The van der Waals surface area contributed by atoms with E-state index in [9.17, 15) is 18.9 Å². The minimum Gasteiger partial charge on any atom is -0.460 e. The number of nitrogens with one attached hydrogen (secondary N) is 1. The molecule has 0 saturated carbocycles. The van der Waals surface area contributed by atoms with E-state index >= 15 is 0 Å². The van der Waals surface area contributed by atoms with Crippen LogP contribution in [0.15, 0.2) is 0 Å². The van der Waals surface area contributed by atoms with E-state index in [2.05, 4.69) is 5.09 Å². The van der Waals surface area contributed by atoms with Crippen molar-refractivity contribution in [2.75, 3.05) is 30.4 Å². The molecule has 0 aromatic rings. The fraction of sp³-hybridized carbons (Fsp3) is 0.800. The second-order valence-electron chi connectivity index (χ2n) is 6.26. The molecular formula is C15H28NO5PS2. The molecule has 0 saturated heterocycles. The maximum absolute atomic E-state index is 12.9. The molecule has 24 heavy (non-hydrogen) atoms. The summed E-state index contributed by atoms with van der Waals surface area (Å²) < 4.78 is 18.1. The summed E-state index contributed by atoms with van der Waals surface area (Å²) in [6.07, 6.45) is 0.828.